The molecule has 152 valence electrons. The van der Waals surface area contributed by atoms with Gasteiger partial charge in [-0.15, -0.1) is 0 Å². The molecule has 2 aromatic rings. The third-order valence-electron chi connectivity index (χ3n) is 4.32. The number of carbonyl (C=O) groups is 2. The summed E-state index contributed by atoms with van der Waals surface area (Å²) in [5, 5.41) is 6.35. The number of hydrazone groups is 1. The molecule has 8 heteroatoms. The molecule has 1 fully saturated rings. The summed E-state index contributed by atoms with van der Waals surface area (Å²) < 4.78 is 24.1. The fourth-order valence-electron chi connectivity index (χ4n) is 2.76. The van der Waals surface area contributed by atoms with Crippen molar-refractivity contribution in [1.29, 1.82) is 0 Å². The largest absolute Gasteiger partial charge is 0.488 e. The molecular formula is C21H22FN3O4. The van der Waals surface area contributed by atoms with E-state index >= 15 is 0 Å². The summed E-state index contributed by atoms with van der Waals surface area (Å²) in [6, 6.07) is 13.1. The maximum absolute atomic E-state index is 13.0. The molecule has 2 aromatic carbocycles. The number of hydrogen-bond donors (Lipinski definition) is 2. The van der Waals surface area contributed by atoms with Crippen LogP contribution in [0.5, 0.6) is 5.75 Å². The average Bonchev–Trinajstić information content (AvgIpc) is 3.26. The van der Waals surface area contributed by atoms with Crippen LogP contribution < -0.4 is 15.5 Å². The summed E-state index contributed by atoms with van der Waals surface area (Å²) in [6.07, 6.45) is 3.18. The lowest BCUT2D eigenvalue weighted by Crippen LogP contribution is -2.41. The van der Waals surface area contributed by atoms with Crippen LogP contribution in [0.15, 0.2) is 53.6 Å². The number of nitrogens with one attached hydrogen (secondary N) is 2. The van der Waals surface area contributed by atoms with Crippen LogP contribution in [-0.4, -0.2) is 37.3 Å². The highest BCUT2D eigenvalue weighted by Gasteiger charge is 2.18. The molecule has 0 saturated carbocycles. The Balaban J connectivity index is 1.49. The molecule has 0 aliphatic carbocycles. The monoisotopic (exact) mass is 399 g/mol. The highest BCUT2D eigenvalue weighted by Crippen LogP contribution is 2.17. The summed E-state index contributed by atoms with van der Waals surface area (Å²) in [5.74, 6) is -1.39. The van der Waals surface area contributed by atoms with E-state index in [1.807, 2.05) is 0 Å². The lowest BCUT2D eigenvalue weighted by Gasteiger charge is -2.10. The van der Waals surface area contributed by atoms with Gasteiger partial charge >= 0.3 is 11.8 Å². The van der Waals surface area contributed by atoms with Crippen molar-refractivity contribution >= 4 is 18.0 Å². The minimum Gasteiger partial charge on any atom is -0.488 e. The zero-order valence-electron chi connectivity index (χ0n) is 15.8. The molecule has 1 aliphatic heterocycles. The van der Waals surface area contributed by atoms with Crippen molar-refractivity contribution in [3.63, 3.8) is 0 Å². The molecule has 3 rings (SSSR count). The highest BCUT2D eigenvalue weighted by atomic mass is 19.1. The number of para-hydroxylation sites is 1. The molecule has 1 aliphatic rings. The molecule has 7 nitrogen and oxygen atoms in total. The van der Waals surface area contributed by atoms with Gasteiger partial charge in [0.1, 0.15) is 18.2 Å². The number of halogens is 1. The van der Waals surface area contributed by atoms with Crippen molar-refractivity contribution in [3.05, 3.63) is 65.5 Å². The van der Waals surface area contributed by atoms with Crippen molar-refractivity contribution in [1.82, 2.24) is 10.7 Å². The van der Waals surface area contributed by atoms with E-state index in [1.54, 1.807) is 36.4 Å². The lowest BCUT2D eigenvalue weighted by molar-refractivity contribution is -0.139. The Morgan fingerprint density at radius 2 is 1.97 bits per heavy atom. The van der Waals surface area contributed by atoms with E-state index in [-0.39, 0.29) is 18.5 Å². The van der Waals surface area contributed by atoms with Gasteiger partial charge < -0.3 is 14.8 Å². The Morgan fingerprint density at radius 3 is 2.72 bits per heavy atom. The Hall–Kier alpha value is -3.26. The molecule has 0 radical (unpaired) electrons. The second-order valence-corrected chi connectivity index (χ2v) is 6.50. The third-order valence-corrected chi connectivity index (χ3v) is 4.32. The maximum Gasteiger partial charge on any atom is 0.329 e. The Morgan fingerprint density at radius 1 is 1.17 bits per heavy atom. The van der Waals surface area contributed by atoms with Gasteiger partial charge in [0.2, 0.25) is 0 Å². The first kappa shape index (κ1) is 20.5. The van der Waals surface area contributed by atoms with Crippen LogP contribution in [0.25, 0.3) is 0 Å². The predicted octanol–water partition coefficient (Wildman–Crippen LogP) is 2.15. The molecule has 29 heavy (non-hydrogen) atoms. The summed E-state index contributed by atoms with van der Waals surface area (Å²) in [4.78, 5) is 23.6. The number of benzene rings is 2. The Kier molecular flexibility index (Phi) is 7.29. The molecule has 0 spiro atoms. The van der Waals surface area contributed by atoms with Crippen LogP contribution in [0, 0.1) is 5.82 Å². The fraction of sp³-hybridized carbons (Fsp3) is 0.286. The number of hydrogen-bond acceptors (Lipinski definition) is 5. The number of carbonyl (C=O) groups excluding carboxylic acids is 2. The zero-order chi connectivity index (χ0) is 20.5. The predicted molar refractivity (Wildman–Crippen MR) is 105 cm³/mol. The average molecular weight is 399 g/mol. The van der Waals surface area contributed by atoms with Crippen LogP contribution in [0.2, 0.25) is 0 Å². The topological polar surface area (TPSA) is 89.0 Å². The second kappa shape index (κ2) is 10.3. The minimum atomic E-state index is -0.857. The van der Waals surface area contributed by atoms with Gasteiger partial charge in [-0.05, 0) is 42.7 Å². The van der Waals surface area contributed by atoms with E-state index in [0.29, 0.717) is 24.5 Å². The molecule has 0 unspecified atom stereocenters. The first-order chi connectivity index (χ1) is 14.1. The van der Waals surface area contributed by atoms with Gasteiger partial charge in [0.15, 0.2) is 0 Å². The van der Waals surface area contributed by atoms with Gasteiger partial charge in [0.25, 0.3) is 0 Å². The summed E-state index contributed by atoms with van der Waals surface area (Å²) in [6.45, 7) is 1.23. The van der Waals surface area contributed by atoms with E-state index in [1.165, 1.54) is 18.3 Å². The van der Waals surface area contributed by atoms with Crippen molar-refractivity contribution in [2.45, 2.75) is 25.6 Å². The highest BCUT2D eigenvalue weighted by molar-refractivity contribution is 6.35. The van der Waals surface area contributed by atoms with E-state index < -0.39 is 11.8 Å². The maximum atomic E-state index is 13.0. The number of rotatable bonds is 7. The van der Waals surface area contributed by atoms with Gasteiger partial charge in [0.05, 0.1) is 12.3 Å². The first-order valence-corrected chi connectivity index (χ1v) is 9.31. The molecule has 0 aromatic heterocycles. The second-order valence-electron chi connectivity index (χ2n) is 6.50. The first-order valence-electron chi connectivity index (χ1n) is 9.31. The van der Waals surface area contributed by atoms with E-state index in [4.69, 9.17) is 9.47 Å². The van der Waals surface area contributed by atoms with E-state index in [9.17, 15) is 14.0 Å². The molecule has 1 atom stereocenters. The minimum absolute atomic E-state index is 0.0413. The van der Waals surface area contributed by atoms with Gasteiger partial charge in [0, 0.05) is 18.7 Å². The van der Waals surface area contributed by atoms with Gasteiger partial charge in [-0.1, -0.05) is 24.3 Å². The van der Waals surface area contributed by atoms with Crippen LogP contribution in [0.4, 0.5) is 4.39 Å². The SMILES string of the molecule is O=C(NC[C@H]1CCCO1)C(=O)N/N=C\c1ccccc1OCc1ccc(F)cc1. The molecule has 2 N–H and O–H groups in total. The van der Waals surface area contributed by atoms with Crippen molar-refractivity contribution in [2.75, 3.05) is 13.2 Å². The summed E-state index contributed by atoms with van der Waals surface area (Å²) >= 11 is 0. The van der Waals surface area contributed by atoms with Gasteiger partial charge in [-0.25, -0.2) is 9.82 Å². The molecule has 0 bridgehead atoms. The Labute approximate surface area is 167 Å². The lowest BCUT2D eigenvalue weighted by atomic mass is 10.2. The standard InChI is InChI=1S/C21H22FN3O4/c22-17-9-7-15(8-10-17)14-29-19-6-2-1-4-16(19)12-24-25-21(27)20(26)23-13-18-5-3-11-28-18/h1-2,4,6-10,12,18H,3,5,11,13-14H2,(H,23,26)(H,25,27)/b24-12-/t18-/m1/s1. The summed E-state index contributed by atoms with van der Waals surface area (Å²) in [5.41, 5.74) is 3.63. The summed E-state index contributed by atoms with van der Waals surface area (Å²) in [7, 11) is 0. The van der Waals surface area contributed by atoms with Crippen molar-refractivity contribution < 1.29 is 23.5 Å². The van der Waals surface area contributed by atoms with E-state index in [0.717, 1.165) is 18.4 Å². The number of amides is 2. The van der Waals surface area contributed by atoms with Gasteiger partial charge in [-0.3, -0.25) is 9.59 Å². The smallest absolute Gasteiger partial charge is 0.329 e. The normalized spacial score (nSPS) is 16.0. The third kappa shape index (κ3) is 6.39. The van der Waals surface area contributed by atoms with Crippen LogP contribution >= 0.6 is 0 Å². The van der Waals surface area contributed by atoms with E-state index in [2.05, 4.69) is 15.8 Å². The molecule has 2 amide bonds. The molecular weight excluding hydrogens is 377 g/mol. The quantitative estimate of drug-likeness (QED) is 0.424. The van der Waals surface area contributed by atoms with Gasteiger partial charge in [-0.2, -0.15) is 5.10 Å². The van der Waals surface area contributed by atoms with Crippen LogP contribution in [-0.2, 0) is 20.9 Å². The van der Waals surface area contributed by atoms with Crippen LogP contribution in [0.3, 0.4) is 0 Å². The molecule has 1 heterocycles. The number of ether oxygens (including phenoxy) is 2. The fourth-order valence-corrected chi connectivity index (χ4v) is 2.76. The van der Waals surface area contributed by atoms with Crippen molar-refractivity contribution in [3.8, 4) is 5.75 Å². The van der Waals surface area contributed by atoms with Crippen molar-refractivity contribution in [2.24, 2.45) is 5.10 Å². The van der Waals surface area contributed by atoms with Crippen LogP contribution in [0.1, 0.15) is 24.0 Å². The number of nitrogens with zero attached hydrogens (tertiary/aromatic N) is 1. The Bertz CT molecular complexity index is 864. The zero-order valence-corrected chi connectivity index (χ0v) is 15.8. The molecule has 1 saturated heterocycles.